The minimum atomic E-state index is -0.538. The van der Waals surface area contributed by atoms with Gasteiger partial charge in [0, 0.05) is 43.7 Å². The number of amides is 1. The third kappa shape index (κ3) is 3.69. The molecule has 0 aliphatic heterocycles. The van der Waals surface area contributed by atoms with Crippen LogP contribution in [0.3, 0.4) is 0 Å². The molecule has 0 bridgehead atoms. The van der Waals surface area contributed by atoms with Gasteiger partial charge in [0.1, 0.15) is 16.7 Å². The van der Waals surface area contributed by atoms with Crippen LogP contribution in [0.5, 0.6) is 5.88 Å². The van der Waals surface area contributed by atoms with Crippen LogP contribution in [0.15, 0.2) is 30.9 Å². The van der Waals surface area contributed by atoms with Crippen molar-refractivity contribution in [2.24, 2.45) is 12.5 Å². The van der Waals surface area contributed by atoms with Crippen LogP contribution in [0.4, 0.5) is 4.79 Å². The number of aryl methyl sites for hydroxylation is 1. The van der Waals surface area contributed by atoms with E-state index in [4.69, 9.17) is 14.5 Å². The van der Waals surface area contributed by atoms with Crippen LogP contribution >= 0.6 is 0 Å². The van der Waals surface area contributed by atoms with Gasteiger partial charge in [-0.3, -0.25) is 4.68 Å². The Morgan fingerprint density at radius 2 is 1.94 bits per heavy atom. The molecule has 3 aromatic heterocycles. The number of ether oxygens (including phenoxy) is 2. The van der Waals surface area contributed by atoms with Crippen LogP contribution in [0.2, 0.25) is 0 Å². The molecular weight excluding hydrogens is 408 g/mol. The first kappa shape index (κ1) is 22.1. The Balaban J connectivity index is 1.60. The van der Waals surface area contributed by atoms with E-state index in [0.717, 1.165) is 16.8 Å². The topological polar surface area (TPSA) is 86.8 Å². The van der Waals surface area contributed by atoms with Crippen molar-refractivity contribution in [3.63, 3.8) is 0 Å². The summed E-state index contributed by atoms with van der Waals surface area (Å²) in [5.41, 5.74) is 1.01. The second kappa shape index (κ2) is 7.21. The summed E-state index contributed by atoms with van der Waals surface area (Å²) in [5.74, 6) is 0.512. The second-order valence-electron chi connectivity index (χ2n) is 10.4. The summed E-state index contributed by atoms with van der Waals surface area (Å²) in [6.45, 7) is 11.9. The Morgan fingerprint density at radius 3 is 2.53 bits per heavy atom. The van der Waals surface area contributed by atoms with Crippen molar-refractivity contribution in [3.8, 4) is 17.1 Å². The van der Waals surface area contributed by atoms with Gasteiger partial charge < -0.3 is 14.4 Å². The number of hydrogen-bond acceptors (Lipinski definition) is 6. The molecule has 1 amide bonds. The Labute approximate surface area is 188 Å². The van der Waals surface area contributed by atoms with E-state index in [2.05, 4.69) is 31.0 Å². The predicted molar refractivity (Wildman–Crippen MR) is 120 cm³/mol. The van der Waals surface area contributed by atoms with Crippen molar-refractivity contribution >= 4 is 11.6 Å². The van der Waals surface area contributed by atoms with Gasteiger partial charge in [-0.05, 0) is 33.8 Å². The molecule has 9 heteroatoms. The van der Waals surface area contributed by atoms with Crippen LogP contribution < -0.4 is 4.74 Å². The number of fused-ring (bicyclic) bond motifs is 1. The molecular formula is C23H32N6O3. The van der Waals surface area contributed by atoms with Gasteiger partial charge >= 0.3 is 6.09 Å². The summed E-state index contributed by atoms with van der Waals surface area (Å²) in [5, 5.41) is 8.63. The number of nitrogens with zero attached hydrogens (tertiary/aromatic N) is 6. The highest BCUT2D eigenvalue weighted by Crippen LogP contribution is 2.54. The normalized spacial score (nSPS) is 22.4. The zero-order chi connectivity index (χ0) is 23.5. The van der Waals surface area contributed by atoms with Crippen LogP contribution in [-0.4, -0.2) is 59.7 Å². The molecule has 32 heavy (non-hydrogen) atoms. The average Bonchev–Trinajstić information content (AvgIpc) is 3.33. The van der Waals surface area contributed by atoms with Gasteiger partial charge in [0.25, 0.3) is 0 Å². The molecule has 0 spiro atoms. The van der Waals surface area contributed by atoms with E-state index in [-0.39, 0.29) is 17.6 Å². The number of aromatic nitrogens is 5. The first-order valence-electron chi connectivity index (χ1n) is 10.8. The monoisotopic (exact) mass is 440 g/mol. The van der Waals surface area contributed by atoms with Gasteiger partial charge in [-0.1, -0.05) is 13.8 Å². The molecule has 3 aromatic rings. The fourth-order valence-corrected chi connectivity index (χ4v) is 4.24. The largest absolute Gasteiger partial charge is 0.469 e. The SMILES string of the molecule is CN(C(=O)OC(C)(C)C)[C@H]1C[C@@](C)(Oc2nc(-c3cnn(C)c3)cn3nccc23)C1(C)C. The van der Waals surface area contributed by atoms with E-state index in [0.29, 0.717) is 12.3 Å². The van der Waals surface area contributed by atoms with Crippen LogP contribution in [0.1, 0.15) is 48.0 Å². The first-order valence-corrected chi connectivity index (χ1v) is 10.8. The summed E-state index contributed by atoms with van der Waals surface area (Å²) in [6.07, 6.45) is 7.60. The van der Waals surface area contributed by atoms with Crippen molar-refractivity contribution in [1.29, 1.82) is 0 Å². The van der Waals surface area contributed by atoms with Crippen molar-refractivity contribution in [2.45, 2.75) is 65.2 Å². The van der Waals surface area contributed by atoms with Gasteiger partial charge in [-0.15, -0.1) is 0 Å². The quantitative estimate of drug-likeness (QED) is 0.611. The van der Waals surface area contributed by atoms with Crippen LogP contribution in [0, 0.1) is 5.41 Å². The Morgan fingerprint density at radius 1 is 1.22 bits per heavy atom. The molecule has 1 saturated carbocycles. The van der Waals surface area contributed by atoms with Gasteiger partial charge in [0.15, 0.2) is 0 Å². The highest BCUT2D eigenvalue weighted by Gasteiger charge is 2.62. The average molecular weight is 441 g/mol. The fourth-order valence-electron chi connectivity index (χ4n) is 4.24. The van der Waals surface area contributed by atoms with Crippen molar-refractivity contribution in [2.75, 3.05) is 7.05 Å². The van der Waals surface area contributed by atoms with Gasteiger partial charge in [0.2, 0.25) is 5.88 Å². The molecule has 0 radical (unpaired) electrons. The van der Waals surface area contributed by atoms with Crippen molar-refractivity contribution in [1.82, 2.24) is 29.3 Å². The molecule has 4 rings (SSSR count). The molecule has 1 aliphatic rings. The van der Waals surface area contributed by atoms with E-state index in [1.807, 2.05) is 46.3 Å². The third-order valence-corrected chi connectivity index (χ3v) is 6.61. The Bertz CT molecular complexity index is 1160. The zero-order valence-electron chi connectivity index (χ0n) is 20.1. The Hall–Kier alpha value is -3.10. The van der Waals surface area contributed by atoms with Crippen LogP contribution in [-0.2, 0) is 11.8 Å². The predicted octanol–water partition coefficient (Wildman–Crippen LogP) is 3.93. The number of carbonyl (C=O) groups is 1. The Kier molecular flexibility index (Phi) is 4.98. The lowest BCUT2D eigenvalue weighted by molar-refractivity contribution is -0.168. The van der Waals surface area contributed by atoms with Crippen molar-refractivity contribution in [3.05, 3.63) is 30.9 Å². The molecule has 1 aliphatic carbocycles. The van der Waals surface area contributed by atoms with E-state index in [1.165, 1.54) is 0 Å². The fraction of sp³-hybridized carbons (Fsp3) is 0.565. The molecule has 0 N–H and O–H groups in total. The standard InChI is InChI=1S/C23H32N6O3/c1-21(2,3)32-20(30)28(8)18-11-23(6,22(18,4)5)31-19-17-9-10-24-29(17)14-16(26-19)15-12-25-27(7)13-15/h9-10,12-14,18H,11H2,1-8H3/t18-,23+/m0/s1. The lowest BCUT2D eigenvalue weighted by Gasteiger charge is -2.61. The molecule has 0 aromatic carbocycles. The van der Waals surface area contributed by atoms with E-state index >= 15 is 0 Å². The summed E-state index contributed by atoms with van der Waals surface area (Å²) in [4.78, 5) is 19.1. The summed E-state index contributed by atoms with van der Waals surface area (Å²) in [6, 6.07) is 1.86. The molecule has 172 valence electrons. The smallest absolute Gasteiger partial charge is 0.410 e. The second-order valence-corrected chi connectivity index (χ2v) is 10.4. The molecule has 3 heterocycles. The number of carbonyl (C=O) groups excluding carboxylic acids is 1. The van der Waals surface area contributed by atoms with Crippen molar-refractivity contribution < 1.29 is 14.3 Å². The molecule has 1 fully saturated rings. The van der Waals surface area contributed by atoms with E-state index < -0.39 is 11.2 Å². The van der Waals surface area contributed by atoms with Gasteiger partial charge in [0.05, 0.1) is 24.3 Å². The highest BCUT2D eigenvalue weighted by atomic mass is 16.6. The molecule has 0 unspecified atom stereocenters. The molecule has 2 atom stereocenters. The molecule has 9 nitrogen and oxygen atoms in total. The lowest BCUT2D eigenvalue weighted by Crippen LogP contribution is -2.70. The summed E-state index contributed by atoms with van der Waals surface area (Å²) in [7, 11) is 3.66. The summed E-state index contributed by atoms with van der Waals surface area (Å²) < 4.78 is 15.6. The number of hydrogen-bond donors (Lipinski definition) is 0. The third-order valence-electron chi connectivity index (χ3n) is 6.61. The summed E-state index contributed by atoms with van der Waals surface area (Å²) >= 11 is 0. The maximum Gasteiger partial charge on any atom is 0.410 e. The zero-order valence-corrected chi connectivity index (χ0v) is 20.1. The minimum absolute atomic E-state index is 0.0233. The number of rotatable bonds is 4. The van der Waals surface area contributed by atoms with E-state index in [9.17, 15) is 4.79 Å². The maximum atomic E-state index is 12.6. The van der Waals surface area contributed by atoms with Gasteiger partial charge in [-0.2, -0.15) is 10.2 Å². The minimum Gasteiger partial charge on any atom is -0.469 e. The molecule has 0 saturated heterocycles. The van der Waals surface area contributed by atoms with E-state index in [1.54, 1.807) is 33.5 Å². The van der Waals surface area contributed by atoms with Crippen LogP contribution in [0.25, 0.3) is 16.8 Å². The maximum absolute atomic E-state index is 12.6. The lowest BCUT2D eigenvalue weighted by atomic mass is 9.55. The highest BCUT2D eigenvalue weighted by molar-refractivity contribution is 5.69. The first-order chi connectivity index (χ1) is 14.8. The van der Waals surface area contributed by atoms with Gasteiger partial charge in [-0.25, -0.2) is 14.3 Å².